The molecule has 1 aromatic rings. The quantitative estimate of drug-likeness (QED) is 0.831. The second-order valence-corrected chi connectivity index (χ2v) is 4.47. The molecular formula is C13H16FN3O. The topological polar surface area (TPSA) is 59.3 Å². The lowest BCUT2D eigenvalue weighted by Gasteiger charge is -2.33. The fraction of sp³-hybridized carbons (Fsp3) is 0.462. The van der Waals surface area contributed by atoms with Gasteiger partial charge < -0.3 is 10.4 Å². The number of hydrogen-bond donors (Lipinski definition) is 2. The third kappa shape index (κ3) is 2.45. The zero-order valence-electron chi connectivity index (χ0n) is 10.3. The molecule has 18 heavy (non-hydrogen) atoms. The van der Waals surface area contributed by atoms with Crippen molar-refractivity contribution in [3.05, 3.63) is 29.1 Å². The molecule has 0 aromatic heterocycles. The maximum atomic E-state index is 13.5. The van der Waals surface area contributed by atoms with E-state index in [9.17, 15) is 9.50 Å². The number of phenols is 1. The highest BCUT2D eigenvalue weighted by molar-refractivity contribution is 5.44. The molecule has 1 atom stereocenters. The summed E-state index contributed by atoms with van der Waals surface area (Å²) >= 11 is 0. The number of halogens is 1. The van der Waals surface area contributed by atoms with Gasteiger partial charge in [-0.15, -0.1) is 0 Å². The molecule has 0 saturated carbocycles. The highest BCUT2D eigenvalue weighted by Crippen LogP contribution is 2.31. The summed E-state index contributed by atoms with van der Waals surface area (Å²) in [5.41, 5.74) is 0.718. The van der Waals surface area contributed by atoms with Crippen LogP contribution in [0.4, 0.5) is 4.39 Å². The van der Waals surface area contributed by atoms with Crippen molar-refractivity contribution in [1.29, 1.82) is 5.26 Å². The summed E-state index contributed by atoms with van der Waals surface area (Å²) < 4.78 is 13.5. The molecule has 0 spiro atoms. The number of phenolic OH excluding ortho intramolecular Hbond substituents is 1. The Hall–Kier alpha value is -1.64. The molecule has 0 bridgehead atoms. The Morgan fingerprint density at radius 2 is 2.11 bits per heavy atom. The van der Waals surface area contributed by atoms with Gasteiger partial charge in [0.25, 0.3) is 0 Å². The number of nitriles is 1. The van der Waals surface area contributed by atoms with Gasteiger partial charge in [0.1, 0.15) is 0 Å². The first kappa shape index (κ1) is 12.8. The molecule has 0 amide bonds. The summed E-state index contributed by atoms with van der Waals surface area (Å²) in [6.45, 7) is 5.37. The zero-order valence-corrected chi connectivity index (χ0v) is 10.3. The molecule has 5 heteroatoms. The number of piperazine rings is 1. The standard InChI is InChI=1S/C13H16FN3O/c1-9(17-4-2-16-3-5-17)11-6-10(8-15)7-12(14)13(11)18/h6-7,9,16,18H,2-5H2,1H3/t9-/m0/s1. The normalized spacial score (nSPS) is 18.3. The highest BCUT2D eigenvalue weighted by Gasteiger charge is 2.22. The summed E-state index contributed by atoms with van der Waals surface area (Å²) in [4.78, 5) is 2.16. The molecule has 96 valence electrons. The zero-order chi connectivity index (χ0) is 13.1. The van der Waals surface area contributed by atoms with Gasteiger partial charge in [0.2, 0.25) is 0 Å². The van der Waals surface area contributed by atoms with Crippen molar-refractivity contribution in [2.45, 2.75) is 13.0 Å². The molecule has 2 N–H and O–H groups in total. The van der Waals surface area contributed by atoms with Crippen molar-refractivity contribution >= 4 is 0 Å². The van der Waals surface area contributed by atoms with Crippen LogP contribution in [0.5, 0.6) is 5.75 Å². The lowest BCUT2D eigenvalue weighted by molar-refractivity contribution is 0.182. The smallest absolute Gasteiger partial charge is 0.166 e. The minimum absolute atomic E-state index is 0.102. The second-order valence-electron chi connectivity index (χ2n) is 4.47. The predicted octanol–water partition coefficient (Wildman–Crippen LogP) is 1.37. The number of aromatic hydroxyl groups is 1. The van der Waals surface area contributed by atoms with Crippen molar-refractivity contribution in [3.8, 4) is 11.8 Å². The van der Waals surface area contributed by atoms with Crippen LogP contribution < -0.4 is 5.32 Å². The van der Waals surface area contributed by atoms with E-state index in [1.54, 1.807) is 6.07 Å². The van der Waals surface area contributed by atoms with Crippen LogP contribution in [0.3, 0.4) is 0 Å². The molecule has 0 radical (unpaired) electrons. The Bertz CT molecular complexity index is 478. The van der Waals surface area contributed by atoms with E-state index in [1.807, 2.05) is 13.0 Å². The molecule has 0 aliphatic carbocycles. The van der Waals surface area contributed by atoms with Gasteiger partial charge in [-0.3, -0.25) is 4.90 Å². The van der Waals surface area contributed by atoms with Gasteiger partial charge in [0.05, 0.1) is 11.6 Å². The average molecular weight is 249 g/mol. The predicted molar refractivity (Wildman–Crippen MR) is 65.6 cm³/mol. The minimum Gasteiger partial charge on any atom is -0.505 e. The Morgan fingerprint density at radius 1 is 1.44 bits per heavy atom. The van der Waals surface area contributed by atoms with E-state index in [2.05, 4.69) is 10.2 Å². The molecule has 1 aliphatic rings. The van der Waals surface area contributed by atoms with E-state index in [4.69, 9.17) is 5.26 Å². The first-order chi connectivity index (χ1) is 8.63. The first-order valence-electron chi connectivity index (χ1n) is 6.00. The largest absolute Gasteiger partial charge is 0.505 e. The van der Waals surface area contributed by atoms with Crippen molar-refractivity contribution in [2.75, 3.05) is 26.2 Å². The van der Waals surface area contributed by atoms with Gasteiger partial charge in [-0.1, -0.05) is 0 Å². The summed E-state index contributed by atoms with van der Waals surface area (Å²) in [5, 5.41) is 21.9. The number of benzene rings is 1. The SMILES string of the molecule is C[C@@H](c1cc(C#N)cc(F)c1O)N1CCNCC1. The Balaban J connectivity index is 2.31. The Labute approximate surface area is 106 Å². The molecule has 2 rings (SSSR count). The van der Waals surface area contributed by atoms with Crippen molar-refractivity contribution in [2.24, 2.45) is 0 Å². The van der Waals surface area contributed by atoms with Crippen LogP contribution >= 0.6 is 0 Å². The molecule has 1 aromatic carbocycles. The number of hydrogen-bond acceptors (Lipinski definition) is 4. The van der Waals surface area contributed by atoms with Gasteiger partial charge in [0, 0.05) is 37.8 Å². The van der Waals surface area contributed by atoms with E-state index in [0.29, 0.717) is 5.56 Å². The van der Waals surface area contributed by atoms with Crippen molar-refractivity contribution < 1.29 is 9.50 Å². The molecule has 0 unspecified atom stereocenters. The minimum atomic E-state index is -0.731. The Morgan fingerprint density at radius 3 is 2.72 bits per heavy atom. The fourth-order valence-corrected chi connectivity index (χ4v) is 2.27. The van der Waals surface area contributed by atoms with Crippen LogP contribution in [-0.2, 0) is 0 Å². The third-order valence-corrected chi connectivity index (χ3v) is 3.37. The monoisotopic (exact) mass is 249 g/mol. The maximum Gasteiger partial charge on any atom is 0.166 e. The summed E-state index contributed by atoms with van der Waals surface area (Å²) in [6, 6.07) is 4.43. The van der Waals surface area contributed by atoms with Gasteiger partial charge in [-0.05, 0) is 19.1 Å². The second kappa shape index (κ2) is 5.34. The molecule has 4 nitrogen and oxygen atoms in total. The van der Waals surface area contributed by atoms with E-state index in [-0.39, 0.29) is 17.4 Å². The number of rotatable bonds is 2. The third-order valence-electron chi connectivity index (χ3n) is 3.37. The lowest BCUT2D eigenvalue weighted by Crippen LogP contribution is -2.44. The summed E-state index contributed by atoms with van der Waals surface area (Å²) in [7, 11) is 0. The van der Waals surface area contributed by atoms with Crippen LogP contribution in [0.15, 0.2) is 12.1 Å². The van der Waals surface area contributed by atoms with Crippen LogP contribution in [-0.4, -0.2) is 36.2 Å². The summed E-state index contributed by atoms with van der Waals surface area (Å²) in [5.74, 6) is -1.08. The Kier molecular flexibility index (Phi) is 3.80. The summed E-state index contributed by atoms with van der Waals surface area (Å²) in [6.07, 6.45) is 0. The highest BCUT2D eigenvalue weighted by atomic mass is 19.1. The van der Waals surface area contributed by atoms with Crippen molar-refractivity contribution in [1.82, 2.24) is 10.2 Å². The van der Waals surface area contributed by atoms with Gasteiger partial charge in [-0.2, -0.15) is 5.26 Å². The van der Waals surface area contributed by atoms with Crippen LogP contribution in [0.2, 0.25) is 0 Å². The van der Waals surface area contributed by atoms with E-state index < -0.39 is 5.82 Å². The van der Waals surface area contributed by atoms with E-state index in [1.165, 1.54) is 0 Å². The maximum absolute atomic E-state index is 13.5. The van der Waals surface area contributed by atoms with Gasteiger partial charge in [0.15, 0.2) is 11.6 Å². The van der Waals surface area contributed by atoms with E-state index in [0.717, 1.165) is 32.2 Å². The average Bonchev–Trinajstić information content (AvgIpc) is 2.42. The van der Waals surface area contributed by atoms with Crippen LogP contribution in [0.25, 0.3) is 0 Å². The molecule has 1 heterocycles. The van der Waals surface area contributed by atoms with E-state index >= 15 is 0 Å². The molecule has 1 saturated heterocycles. The lowest BCUT2D eigenvalue weighted by atomic mass is 10.0. The number of nitrogens with zero attached hydrogens (tertiary/aromatic N) is 2. The molecule has 1 aliphatic heterocycles. The molecular weight excluding hydrogens is 233 g/mol. The van der Waals surface area contributed by atoms with Crippen LogP contribution in [0, 0.1) is 17.1 Å². The van der Waals surface area contributed by atoms with Crippen LogP contribution in [0.1, 0.15) is 24.1 Å². The molecule has 1 fully saturated rings. The fourth-order valence-electron chi connectivity index (χ4n) is 2.27. The first-order valence-corrected chi connectivity index (χ1v) is 6.00. The van der Waals surface area contributed by atoms with Gasteiger partial charge in [-0.25, -0.2) is 4.39 Å². The van der Waals surface area contributed by atoms with Gasteiger partial charge >= 0.3 is 0 Å². The number of nitrogens with one attached hydrogen (secondary N) is 1. The van der Waals surface area contributed by atoms with Crippen molar-refractivity contribution in [3.63, 3.8) is 0 Å².